The van der Waals surface area contributed by atoms with E-state index in [2.05, 4.69) is 10.6 Å². The summed E-state index contributed by atoms with van der Waals surface area (Å²) in [6.45, 7) is 5.33. The Balaban J connectivity index is 1.92. The lowest BCUT2D eigenvalue weighted by Gasteiger charge is -2.21. The van der Waals surface area contributed by atoms with Crippen LogP contribution in [0, 0.1) is 5.92 Å². The largest absolute Gasteiger partial charge is 0.459 e. The second kappa shape index (κ2) is 7.22. The van der Waals surface area contributed by atoms with Gasteiger partial charge in [0.05, 0.1) is 17.6 Å². The van der Waals surface area contributed by atoms with Crippen LogP contribution in [-0.4, -0.2) is 31.1 Å². The number of esters is 1. The van der Waals surface area contributed by atoms with Crippen molar-refractivity contribution in [2.75, 3.05) is 18.4 Å². The first-order chi connectivity index (χ1) is 10.1. The van der Waals surface area contributed by atoms with E-state index in [9.17, 15) is 9.59 Å². The Labute approximate surface area is 125 Å². The lowest BCUT2D eigenvalue weighted by atomic mass is 9.99. The molecule has 1 saturated heterocycles. The smallest absolute Gasteiger partial charge is 0.338 e. The minimum Gasteiger partial charge on any atom is -0.459 e. The van der Waals surface area contributed by atoms with Crippen LogP contribution in [0.4, 0.5) is 5.69 Å². The van der Waals surface area contributed by atoms with Gasteiger partial charge in [-0.2, -0.15) is 0 Å². The zero-order valence-electron chi connectivity index (χ0n) is 12.5. The zero-order chi connectivity index (χ0) is 15.2. The summed E-state index contributed by atoms with van der Waals surface area (Å²) < 4.78 is 5.12. The number of hydrogen-bond donors (Lipinski definition) is 2. The van der Waals surface area contributed by atoms with Crippen LogP contribution < -0.4 is 10.6 Å². The highest BCUT2D eigenvalue weighted by atomic mass is 16.5. The summed E-state index contributed by atoms with van der Waals surface area (Å²) in [5.41, 5.74) is 1.19. The number of nitrogens with one attached hydrogen (secondary N) is 2. The molecule has 114 valence electrons. The molecule has 5 nitrogen and oxygen atoms in total. The molecule has 2 N–H and O–H groups in total. The summed E-state index contributed by atoms with van der Waals surface area (Å²) >= 11 is 0. The molecular weight excluding hydrogens is 268 g/mol. The van der Waals surface area contributed by atoms with Crippen molar-refractivity contribution < 1.29 is 14.3 Å². The number of benzene rings is 1. The number of carbonyl (C=O) groups is 2. The van der Waals surface area contributed by atoms with Crippen molar-refractivity contribution in [3.05, 3.63) is 29.8 Å². The number of amides is 1. The maximum atomic E-state index is 12.1. The molecule has 0 aliphatic carbocycles. The van der Waals surface area contributed by atoms with E-state index in [-0.39, 0.29) is 23.9 Å². The maximum Gasteiger partial charge on any atom is 0.338 e. The molecule has 1 aromatic carbocycles. The van der Waals surface area contributed by atoms with E-state index in [1.165, 1.54) is 0 Å². The molecule has 1 aliphatic rings. The molecule has 1 heterocycles. The number of hydrogen-bond acceptors (Lipinski definition) is 4. The number of piperidine rings is 1. The number of rotatable bonds is 4. The summed E-state index contributed by atoms with van der Waals surface area (Å²) in [4.78, 5) is 23.8. The minimum atomic E-state index is -0.348. The second-order valence-electron chi connectivity index (χ2n) is 5.56. The second-order valence-corrected chi connectivity index (χ2v) is 5.56. The summed E-state index contributed by atoms with van der Waals surface area (Å²) in [7, 11) is 0. The van der Waals surface area contributed by atoms with Gasteiger partial charge in [-0.25, -0.2) is 4.79 Å². The molecule has 5 heteroatoms. The van der Waals surface area contributed by atoms with Crippen LogP contribution in [0.15, 0.2) is 24.3 Å². The molecule has 0 bridgehead atoms. The highest BCUT2D eigenvalue weighted by Crippen LogP contribution is 2.15. The number of anilines is 1. The van der Waals surface area contributed by atoms with Gasteiger partial charge in [-0.3, -0.25) is 4.79 Å². The first-order valence-corrected chi connectivity index (χ1v) is 7.39. The van der Waals surface area contributed by atoms with Crippen LogP contribution in [0.5, 0.6) is 0 Å². The van der Waals surface area contributed by atoms with Gasteiger partial charge in [0.25, 0.3) is 0 Å². The third kappa shape index (κ3) is 4.56. The van der Waals surface area contributed by atoms with Gasteiger partial charge < -0.3 is 15.4 Å². The van der Waals surface area contributed by atoms with E-state index in [0.717, 1.165) is 25.9 Å². The maximum absolute atomic E-state index is 12.1. The van der Waals surface area contributed by atoms with E-state index in [1.807, 2.05) is 13.8 Å². The average molecular weight is 290 g/mol. The van der Waals surface area contributed by atoms with Gasteiger partial charge in [-0.05, 0) is 57.5 Å². The van der Waals surface area contributed by atoms with Crippen molar-refractivity contribution in [1.82, 2.24) is 5.32 Å². The van der Waals surface area contributed by atoms with Gasteiger partial charge in [0.2, 0.25) is 5.91 Å². The molecule has 1 unspecified atom stereocenters. The Kier molecular flexibility index (Phi) is 5.33. The average Bonchev–Trinajstić information content (AvgIpc) is 2.48. The lowest BCUT2D eigenvalue weighted by molar-refractivity contribution is -0.120. The Morgan fingerprint density at radius 1 is 1.29 bits per heavy atom. The van der Waals surface area contributed by atoms with Gasteiger partial charge in [0.1, 0.15) is 0 Å². The van der Waals surface area contributed by atoms with Crippen LogP contribution in [-0.2, 0) is 9.53 Å². The van der Waals surface area contributed by atoms with Crippen LogP contribution in [0.25, 0.3) is 0 Å². The highest BCUT2D eigenvalue weighted by molar-refractivity contribution is 5.94. The standard InChI is InChI=1S/C16H22N2O3/c1-11(2)21-16(20)12-5-7-14(8-6-12)18-15(19)13-4-3-9-17-10-13/h5-8,11,13,17H,3-4,9-10H2,1-2H3,(H,18,19). The predicted molar refractivity (Wildman–Crippen MR) is 81.2 cm³/mol. The van der Waals surface area contributed by atoms with Crippen molar-refractivity contribution in [1.29, 1.82) is 0 Å². The van der Waals surface area contributed by atoms with Crippen molar-refractivity contribution >= 4 is 17.6 Å². The Hall–Kier alpha value is -1.88. The van der Waals surface area contributed by atoms with E-state index in [4.69, 9.17) is 4.74 Å². The molecule has 21 heavy (non-hydrogen) atoms. The van der Waals surface area contributed by atoms with Crippen molar-refractivity contribution in [3.63, 3.8) is 0 Å². The lowest BCUT2D eigenvalue weighted by Crippen LogP contribution is -2.37. The molecule has 0 radical (unpaired) electrons. The zero-order valence-corrected chi connectivity index (χ0v) is 12.5. The predicted octanol–water partition coefficient (Wildman–Crippen LogP) is 2.19. The van der Waals surface area contributed by atoms with Gasteiger partial charge in [0, 0.05) is 12.2 Å². The van der Waals surface area contributed by atoms with E-state index < -0.39 is 0 Å². The summed E-state index contributed by atoms with van der Waals surface area (Å²) in [6.07, 6.45) is 1.80. The third-order valence-corrected chi connectivity index (χ3v) is 3.40. The van der Waals surface area contributed by atoms with Gasteiger partial charge in [-0.15, -0.1) is 0 Å². The minimum absolute atomic E-state index is 0.0179. The topological polar surface area (TPSA) is 67.4 Å². The summed E-state index contributed by atoms with van der Waals surface area (Å²) in [6, 6.07) is 6.79. The molecule has 0 aromatic heterocycles. The van der Waals surface area contributed by atoms with Crippen molar-refractivity contribution in [2.24, 2.45) is 5.92 Å². The molecular formula is C16H22N2O3. The summed E-state index contributed by atoms with van der Waals surface area (Å²) in [5, 5.41) is 6.11. The fraction of sp³-hybridized carbons (Fsp3) is 0.500. The van der Waals surface area contributed by atoms with E-state index in [0.29, 0.717) is 11.3 Å². The highest BCUT2D eigenvalue weighted by Gasteiger charge is 2.20. The molecule has 1 fully saturated rings. The molecule has 0 saturated carbocycles. The Morgan fingerprint density at radius 2 is 2.00 bits per heavy atom. The van der Waals surface area contributed by atoms with Crippen molar-refractivity contribution in [3.8, 4) is 0 Å². The number of ether oxygens (including phenoxy) is 1. The van der Waals surface area contributed by atoms with E-state index >= 15 is 0 Å². The quantitative estimate of drug-likeness (QED) is 0.834. The Bertz CT molecular complexity index is 491. The van der Waals surface area contributed by atoms with Gasteiger partial charge >= 0.3 is 5.97 Å². The normalized spacial score (nSPS) is 18.3. The first-order valence-electron chi connectivity index (χ1n) is 7.39. The SMILES string of the molecule is CC(C)OC(=O)c1ccc(NC(=O)C2CCCNC2)cc1. The molecule has 0 spiro atoms. The first kappa shape index (κ1) is 15.5. The molecule has 2 rings (SSSR count). The monoisotopic (exact) mass is 290 g/mol. The van der Waals surface area contributed by atoms with E-state index in [1.54, 1.807) is 24.3 Å². The van der Waals surface area contributed by atoms with Crippen LogP contribution in [0.1, 0.15) is 37.0 Å². The molecule has 1 atom stereocenters. The number of carbonyl (C=O) groups excluding carboxylic acids is 2. The van der Waals surface area contributed by atoms with Crippen LogP contribution in [0.2, 0.25) is 0 Å². The van der Waals surface area contributed by atoms with Gasteiger partial charge in [0.15, 0.2) is 0 Å². The van der Waals surface area contributed by atoms with Crippen LogP contribution >= 0.6 is 0 Å². The fourth-order valence-electron chi connectivity index (χ4n) is 2.29. The van der Waals surface area contributed by atoms with Crippen LogP contribution in [0.3, 0.4) is 0 Å². The van der Waals surface area contributed by atoms with Crippen molar-refractivity contribution in [2.45, 2.75) is 32.8 Å². The molecule has 1 amide bonds. The summed E-state index contributed by atoms with van der Waals surface area (Å²) in [5.74, 6) is -0.302. The van der Waals surface area contributed by atoms with Gasteiger partial charge in [-0.1, -0.05) is 0 Å². The fourth-order valence-corrected chi connectivity index (χ4v) is 2.29. The third-order valence-electron chi connectivity index (χ3n) is 3.40. The molecule has 1 aliphatic heterocycles. The Morgan fingerprint density at radius 3 is 2.57 bits per heavy atom. The molecule has 1 aromatic rings.